The molecular formula is C12H13NO3. The number of para-hydroxylation sites is 1. The Morgan fingerprint density at radius 3 is 2.94 bits per heavy atom. The molecule has 0 amide bonds. The van der Waals surface area contributed by atoms with E-state index in [1.165, 1.54) is 6.26 Å². The van der Waals surface area contributed by atoms with E-state index >= 15 is 0 Å². The zero-order chi connectivity index (χ0) is 11.4. The molecule has 2 rings (SSSR count). The van der Waals surface area contributed by atoms with Crippen molar-refractivity contribution < 1.29 is 14.4 Å². The van der Waals surface area contributed by atoms with Gasteiger partial charge in [-0.15, -0.1) is 0 Å². The molecular weight excluding hydrogens is 206 g/mol. The first-order valence-corrected chi connectivity index (χ1v) is 5.05. The fourth-order valence-electron chi connectivity index (χ4n) is 1.42. The Morgan fingerprint density at radius 1 is 1.44 bits per heavy atom. The summed E-state index contributed by atoms with van der Waals surface area (Å²) in [6.07, 6.45) is 2.59. The van der Waals surface area contributed by atoms with Crippen molar-refractivity contribution in [2.24, 2.45) is 0 Å². The highest BCUT2D eigenvalue weighted by Crippen LogP contribution is 2.25. The third kappa shape index (κ3) is 2.41. The van der Waals surface area contributed by atoms with Crippen LogP contribution in [0.15, 0.2) is 41.2 Å². The molecule has 1 atom stereocenters. The lowest BCUT2D eigenvalue weighted by Gasteiger charge is -2.12. The van der Waals surface area contributed by atoms with Gasteiger partial charge in [0.1, 0.15) is 18.6 Å². The topological polar surface area (TPSA) is 55.5 Å². The van der Waals surface area contributed by atoms with E-state index in [0.717, 1.165) is 11.1 Å². The van der Waals surface area contributed by atoms with Crippen LogP contribution in [0.3, 0.4) is 0 Å². The van der Waals surface area contributed by atoms with Crippen molar-refractivity contribution in [3.8, 4) is 5.75 Å². The van der Waals surface area contributed by atoms with Crippen molar-refractivity contribution in [2.45, 2.75) is 19.6 Å². The fourth-order valence-corrected chi connectivity index (χ4v) is 1.42. The van der Waals surface area contributed by atoms with Gasteiger partial charge in [0, 0.05) is 11.1 Å². The minimum atomic E-state index is -0.543. The molecule has 1 aromatic heterocycles. The molecule has 84 valence electrons. The number of aliphatic hydroxyl groups excluding tert-OH is 1. The van der Waals surface area contributed by atoms with Crippen molar-refractivity contribution in [1.29, 1.82) is 0 Å². The third-order valence-electron chi connectivity index (χ3n) is 2.25. The number of hydrogen-bond acceptors (Lipinski definition) is 4. The van der Waals surface area contributed by atoms with E-state index in [2.05, 4.69) is 5.16 Å². The maximum Gasteiger partial charge on any atom is 0.130 e. The van der Waals surface area contributed by atoms with E-state index in [1.807, 2.05) is 24.3 Å². The molecule has 0 bridgehead atoms. The second kappa shape index (κ2) is 4.81. The molecule has 0 aliphatic heterocycles. The summed E-state index contributed by atoms with van der Waals surface area (Å²) in [5.41, 5.74) is 1.64. The molecule has 0 aliphatic carbocycles. The highest BCUT2D eigenvalue weighted by molar-refractivity contribution is 5.34. The summed E-state index contributed by atoms with van der Waals surface area (Å²) >= 11 is 0. The summed E-state index contributed by atoms with van der Waals surface area (Å²) in [5.74, 6) is 0.679. The van der Waals surface area contributed by atoms with Gasteiger partial charge in [0.25, 0.3) is 0 Å². The molecule has 0 radical (unpaired) electrons. The molecule has 16 heavy (non-hydrogen) atoms. The molecule has 0 saturated heterocycles. The van der Waals surface area contributed by atoms with Gasteiger partial charge in [0.05, 0.1) is 12.3 Å². The lowest BCUT2D eigenvalue weighted by atomic mass is 10.1. The van der Waals surface area contributed by atoms with Gasteiger partial charge in [-0.3, -0.25) is 0 Å². The summed E-state index contributed by atoms with van der Waals surface area (Å²) in [7, 11) is 0. The van der Waals surface area contributed by atoms with Crippen LogP contribution in [0.1, 0.15) is 24.2 Å². The first kappa shape index (κ1) is 10.7. The van der Waals surface area contributed by atoms with Gasteiger partial charge in [-0.1, -0.05) is 23.4 Å². The van der Waals surface area contributed by atoms with Gasteiger partial charge in [-0.05, 0) is 13.0 Å². The fraction of sp³-hybridized carbons (Fsp3) is 0.250. The van der Waals surface area contributed by atoms with Gasteiger partial charge in [-0.25, -0.2) is 0 Å². The van der Waals surface area contributed by atoms with Crippen LogP contribution in [-0.2, 0) is 6.61 Å². The molecule has 0 aliphatic rings. The Bertz CT molecular complexity index is 437. The standard InChI is InChI=1S/C12H13NO3/c1-9(14)11-4-2-3-5-12(11)15-7-10-6-13-16-8-10/h2-6,8-9,14H,7H2,1H3/t9-/m0/s1. The predicted octanol–water partition coefficient (Wildman–Crippen LogP) is 2.31. The van der Waals surface area contributed by atoms with Gasteiger partial charge >= 0.3 is 0 Å². The van der Waals surface area contributed by atoms with E-state index in [1.54, 1.807) is 13.1 Å². The van der Waals surface area contributed by atoms with E-state index < -0.39 is 6.10 Å². The Kier molecular flexibility index (Phi) is 3.22. The van der Waals surface area contributed by atoms with E-state index in [0.29, 0.717) is 12.4 Å². The predicted molar refractivity (Wildman–Crippen MR) is 57.9 cm³/mol. The Labute approximate surface area is 93.5 Å². The molecule has 2 aromatic rings. The minimum absolute atomic E-state index is 0.382. The van der Waals surface area contributed by atoms with Gasteiger partial charge in [0.15, 0.2) is 0 Å². The first-order valence-electron chi connectivity index (χ1n) is 5.05. The second-order valence-electron chi connectivity index (χ2n) is 3.54. The number of nitrogens with zero attached hydrogens (tertiary/aromatic N) is 1. The van der Waals surface area contributed by atoms with E-state index in [-0.39, 0.29) is 0 Å². The van der Waals surface area contributed by atoms with E-state index in [9.17, 15) is 5.11 Å². The molecule has 1 heterocycles. The van der Waals surface area contributed by atoms with Crippen molar-refractivity contribution >= 4 is 0 Å². The third-order valence-corrected chi connectivity index (χ3v) is 2.25. The van der Waals surface area contributed by atoms with Crippen LogP contribution in [0, 0.1) is 0 Å². The van der Waals surface area contributed by atoms with Crippen LogP contribution < -0.4 is 4.74 Å². The average molecular weight is 219 g/mol. The van der Waals surface area contributed by atoms with Crippen LogP contribution >= 0.6 is 0 Å². The summed E-state index contributed by atoms with van der Waals surface area (Å²) in [5, 5.41) is 13.1. The van der Waals surface area contributed by atoms with E-state index in [4.69, 9.17) is 9.26 Å². The Hall–Kier alpha value is -1.81. The minimum Gasteiger partial charge on any atom is -0.488 e. The molecule has 0 saturated carbocycles. The maximum absolute atomic E-state index is 9.55. The summed E-state index contributed by atoms with van der Waals surface area (Å²) < 4.78 is 10.3. The van der Waals surface area contributed by atoms with Crippen LogP contribution in [-0.4, -0.2) is 10.3 Å². The van der Waals surface area contributed by atoms with Gasteiger partial charge in [-0.2, -0.15) is 0 Å². The van der Waals surface area contributed by atoms with Crippen LogP contribution in [0.5, 0.6) is 5.75 Å². The monoisotopic (exact) mass is 219 g/mol. The van der Waals surface area contributed by atoms with Crippen LogP contribution in [0.4, 0.5) is 0 Å². The summed E-state index contributed by atoms with van der Waals surface area (Å²) in [4.78, 5) is 0. The average Bonchev–Trinajstić information content (AvgIpc) is 2.79. The van der Waals surface area contributed by atoms with Crippen LogP contribution in [0.25, 0.3) is 0 Å². The Balaban J connectivity index is 2.09. The molecule has 4 nitrogen and oxygen atoms in total. The zero-order valence-electron chi connectivity index (χ0n) is 8.96. The molecule has 1 aromatic carbocycles. The number of aliphatic hydroxyl groups is 1. The SMILES string of the molecule is C[C@H](O)c1ccccc1OCc1cnoc1. The maximum atomic E-state index is 9.55. The molecule has 4 heteroatoms. The highest BCUT2D eigenvalue weighted by Gasteiger charge is 2.08. The number of hydrogen-bond donors (Lipinski definition) is 1. The van der Waals surface area contributed by atoms with Crippen molar-refractivity contribution in [3.05, 3.63) is 47.9 Å². The lowest BCUT2D eigenvalue weighted by Crippen LogP contribution is -1.99. The summed E-state index contributed by atoms with van der Waals surface area (Å²) in [6, 6.07) is 7.41. The van der Waals surface area contributed by atoms with Crippen molar-refractivity contribution in [3.63, 3.8) is 0 Å². The zero-order valence-corrected chi connectivity index (χ0v) is 8.96. The van der Waals surface area contributed by atoms with Crippen molar-refractivity contribution in [2.75, 3.05) is 0 Å². The van der Waals surface area contributed by atoms with Gasteiger partial charge < -0.3 is 14.4 Å². The number of ether oxygens (including phenoxy) is 1. The quantitative estimate of drug-likeness (QED) is 0.857. The molecule has 1 N–H and O–H groups in total. The first-order chi connectivity index (χ1) is 7.77. The highest BCUT2D eigenvalue weighted by atomic mass is 16.5. The number of aromatic nitrogens is 1. The van der Waals surface area contributed by atoms with Crippen molar-refractivity contribution in [1.82, 2.24) is 5.16 Å². The summed E-state index contributed by atoms with van der Waals surface area (Å²) in [6.45, 7) is 2.09. The molecule has 0 spiro atoms. The number of benzene rings is 1. The molecule has 0 fully saturated rings. The second-order valence-corrected chi connectivity index (χ2v) is 3.54. The smallest absolute Gasteiger partial charge is 0.130 e. The molecule has 0 unspecified atom stereocenters. The Morgan fingerprint density at radius 2 is 2.25 bits per heavy atom. The normalized spacial score (nSPS) is 12.4. The largest absolute Gasteiger partial charge is 0.488 e. The number of rotatable bonds is 4. The lowest BCUT2D eigenvalue weighted by molar-refractivity contribution is 0.190. The van der Waals surface area contributed by atoms with Gasteiger partial charge in [0.2, 0.25) is 0 Å². The van der Waals surface area contributed by atoms with Crippen LogP contribution in [0.2, 0.25) is 0 Å².